The molecule has 2 aromatic rings. The fourth-order valence-electron chi connectivity index (χ4n) is 5.59. The van der Waals surface area contributed by atoms with E-state index in [0.29, 0.717) is 41.7 Å². The second-order valence-corrected chi connectivity index (χ2v) is 12.3. The van der Waals surface area contributed by atoms with E-state index in [1.807, 2.05) is 25.7 Å². The predicted octanol–water partition coefficient (Wildman–Crippen LogP) is 2.53. The summed E-state index contributed by atoms with van der Waals surface area (Å²) in [5, 5.41) is 5.68. The Morgan fingerprint density at radius 1 is 1.29 bits per heavy atom. The number of halogens is 2. The molecule has 0 unspecified atom stereocenters. The molecule has 2 fully saturated rings. The molecule has 3 N–H and O–H groups in total. The molecule has 218 valence electrons. The number of fused-ring (bicyclic) bond motifs is 1. The number of ether oxygens (including phenoxy) is 1. The number of aromatic nitrogens is 1. The molecule has 0 saturated carbocycles. The van der Waals surface area contributed by atoms with Gasteiger partial charge in [0.2, 0.25) is 5.91 Å². The number of nitrogens with zero attached hydrogens (tertiary/aromatic N) is 5. The van der Waals surface area contributed by atoms with Gasteiger partial charge in [0.15, 0.2) is 10.8 Å². The highest BCUT2D eigenvalue weighted by Crippen LogP contribution is 2.38. The number of piperazine rings is 1. The third-order valence-corrected chi connectivity index (χ3v) is 8.63. The van der Waals surface area contributed by atoms with Crippen LogP contribution in [0.3, 0.4) is 0 Å². The number of primary amides is 1. The fraction of sp³-hybridized carbons (Fsp3) is 0.444. The molecule has 41 heavy (non-hydrogen) atoms. The summed E-state index contributed by atoms with van der Waals surface area (Å²) in [7, 11) is 1.26. The van der Waals surface area contributed by atoms with Crippen molar-refractivity contribution in [2.75, 3.05) is 33.3 Å². The molecule has 0 aliphatic carbocycles. The molecule has 3 aliphatic heterocycles. The van der Waals surface area contributed by atoms with E-state index in [4.69, 9.17) is 27.1 Å². The van der Waals surface area contributed by atoms with Gasteiger partial charge >= 0.3 is 12.0 Å². The van der Waals surface area contributed by atoms with Crippen molar-refractivity contribution in [3.8, 4) is 0 Å². The third-order valence-electron chi connectivity index (χ3n) is 7.52. The van der Waals surface area contributed by atoms with Gasteiger partial charge in [-0.2, -0.15) is 0 Å². The molecule has 11 nitrogen and oxygen atoms in total. The Balaban J connectivity index is 1.57. The maximum absolute atomic E-state index is 14.0. The van der Waals surface area contributed by atoms with Crippen molar-refractivity contribution >= 4 is 46.7 Å². The number of amidine groups is 1. The molecule has 5 rings (SSSR count). The zero-order valence-electron chi connectivity index (χ0n) is 23.1. The Kier molecular flexibility index (Phi) is 7.79. The van der Waals surface area contributed by atoms with E-state index in [1.54, 1.807) is 21.4 Å². The standard InChI is InChI=1S/C27H31ClFN7O4S/c1-27(2,3)36-13-18-21(22(30)37)34(8-9-35(18)26(36)39)12-17-19(25(38)40-4)20(15-6-5-14(29)11-16(15)28)33-23(32-17)24-31-7-10-41-24/h5-7,10-11,18,20-21H,8-9,12-13H2,1-4H3,(H2,30,37)(H,32,33)/t18-,20-,21+/m0/s1. The summed E-state index contributed by atoms with van der Waals surface area (Å²) in [6.45, 7) is 6.97. The van der Waals surface area contributed by atoms with Crippen LogP contribution in [0, 0.1) is 5.82 Å². The normalized spacial score (nSPS) is 23.3. The minimum atomic E-state index is -0.941. The van der Waals surface area contributed by atoms with Crippen molar-refractivity contribution in [2.24, 2.45) is 10.7 Å². The van der Waals surface area contributed by atoms with Crippen molar-refractivity contribution in [1.82, 2.24) is 25.0 Å². The molecule has 4 heterocycles. The third kappa shape index (κ3) is 5.41. The van der Waals surface area contributed by atoms with Crippen LogP contribution in [0.25, 0.3) is 0 Å². The van der Waals surface area contributed by atoms with Gasteiger partial charge in [-0.15, -0.1) is 11.3 Å². The number of rotatable bonds is 6. The lowest BCUT2D eigenvalue weighted by Crippen LogP contribution is -2.64. The van der Waals surface area contributed by atoms with E-state index in [9.17, 15) is 18.8 Å². The lowest BCUT2D eigenvalue weighted by molar-refractivity contribution is -0.136. The first-order valence-electron chi connectivity index (χ1n) is 13.0. The first-order valence-corrected chi connectivity index (χ1v) is 14.3. The Bertz CT molecular complexity index is 1440. The van der Waals surface area contributed by atoms with E-state index in [-0.39, 0.29) is 23.2 Å². The second-order valence-electron chi connectivity index (χ2n) is 11.0. The number of esters is 1. The summed E-state index contributed by atoms with van der Waals surface area (Å²) >= 11 is 7.79. The monoisotopic (exact) mass is 603 g/mol. The molecule has 3 amide bonds. The molecular weight excluding hydrogens is 573 g/mol. The number of methoxy groups -OCH3 is 1. The summed E-state index contributed by atoms with van der Waals surface area (Å²) in [4.78, 5) is 53.8. The van der Waals surface area contributed by atoms with Crippen molar-refractivity contribution in [1.29, 1.82) is 0 Å². The number of nitrogens with one attached hydrogen (secondary N) is 1. The van der Waals surface area contributed by atoms with E-state index >= 15 is 0 Å². The largest absolute Gasteiger partial charge is 0.466 e. The van der Waals surface area contributed by atoms with Gasteiger partial charge < -0.3 is 25.6 Å². The highest BCUT2D eigenvalue weighted by molar-refractivity contribution is 7.11. The predicted molar refractivity (Wildman–Crippen MR) is 152 cm³/mol. The van der Waals surface area contributed by atoms with Crippen LogP contribution in [0.4, 0.5) is 9.18 Å². The number of carbonyl (C=O) groups is 3. The minimum Gasteiger partial charge on any atom is -0.466 e. The summed E-state index contributed by atoms with van der Waals surface area (Å²) < 4.78 is 19.1. The van der Waals surface area contributed by atoms with Gasteiger partial charge in [0, 0.05) is 59.6 Å². The Morgan fingerprint density at radius 2 is 2.05 bits per heavy atom. The first-order chi connectivity index (χ1) is 19.4. The molecular formula is C27H31ClFN7O4S. The van der Waals surface area contributed by atoms with Gasteiger partial charge in [0.25, 0.3) is 0 Å². The van der Waals surface area contributed by atoms with Gasteiger partial charge in [-0.25, -0.2) is 19.0 Å². The number of thiazole rings is 1. The van der Waals surface area contributed by atoms with E-state index in [2.05, 4.69) is 10.3 Å². The maximum Gasteiger partial charge on any atom is 0.338 e. The fourth-order valence-corrected chi connectivity index (χ4v) is 6.45. The maximum atomic E-state index is 14.0. The molecule has 0 radical (unpaired) electrons. The summed E-state index contributed by atoms with van der Waals surface area (Å²) in [6.07, 6.45) is 1.63. The number of carbonyl (C=O) groups excluding carboxylic acids is 3. The van der Waals surface area contributed by atoms with Crippen LogP contribution in [-0.2, 0) is 14.3 Å². The Labute approximate surface area is 245 Å². The summed E-state index contributed by atoms with van der Waals surface area (Å²) in [5.41, 5.74) is 6.49. The first kappa shape index (κ1) is 29.0. The van der Waals surface area contributed by atoms with E-state index < -0.39 is 41.4 Å². The van der Waals surface area contributed by atoms with Gasteiger partial charge in [-0.1, -0.05) is 17.7 Å². The quantitative estimate of drug-likeness (QED) is 0.485. The number of nitrogens with two attached hydrogens (primary N) is 1. The zero-order chi connectivity index (χ0) is 29.6. The smallest absolute Gasteiger partial charge is 0.338 e. The van der Waals surface area contributed by atoms with Crippen LogP contribution < -0.4 is 11.1 Å². The molecule has 0 bridgehead atoms. The van der Waals surface area contributed by atoms with Crippen LogP contribution in [0.2, 0.25) is 5.02 Å². The second kappa shape index (κ2) is 11.0. The van der Waals surface area contributed by atoms with Gasteiger partial charge in [-0.05, 0) is 32.9 Å². The van der Waals surface area contributed by atoms with Crippen molar-refractivity contribution in [3.63, 3.8) is 0 Å². The topological polar surface area (TPSA) is 133 Å². The molecule has 0 spiro atoms. The Hall–Kier alpha value is -3.55. The molecule has 1 aromatic heterocycles. The van der Waals surface area contributed by atoms with Gasteiger partial charge in [0.05, 0.1) is 18.7 Å². The van der Waals surface area contributed by atoms with Crippen LogP contribution >= 0.6 is 22.9 Å². The number of hydrogen-bond donors (Lipinski definition) is 2. The molecule has 3 aliphatic rings. The SMILES string of the molecule is COC(=O)C1=C(CN2CCN3C(=O)N(C(C)(C)C)C[C@H]3[C@@H]2C(N)=O)NC(c2nccs2)=N[C@H]1c1ccc(F)cc1Cl. The van der Waals surface area contributed by atoms with Crippen molar-refractivity contribution in [2.45, 2.75) is 44.4 Å². The summed E-state index contributed by atoms with van der Waals surface area (Å²) in [5.74, 6) is -1.38. The van der Waals surface area contributed by atoms with Crippen LogP contribution in [-0.4, -0.2) is 94.3 Å². The highest BCUT2D eigenvalue weighted by Gasteiger charge is 2.51. The molecule has 3 atom stereocenters. The molecule has 1 aromatic carbocycles. The summed E-state index contributed by atoms with van der Waals surface area (Å²) in [6, 6.07) is 1.53. The van der Waals surface area contributed by atoms with Gasteiger partial charge in [0.1, 0.15) is 17.9 Å². The number of urea groups is 1. The molecule has 14 heteroatoms. The van der Waals surface area contributed by atoms with Crippen molar-refractivity contribution in [3.05, 3.63) is 62.5 Å². The minimum absolute atomic E-state index is 0.0891. The lowest BCUT2D eigenvalue weighted by atomic mass is 9.94. The average molecular weight is 604 g/mol. The van der Waals surface area contributed by atoms with Gasteiger partial charge in [-0.3, -0.25) is 14.7 Å². The van der Waals surface area contributed by atoms with Crippen molar-refractivity contribution < 1.29 is 23.5 Å². The molecule has 2 saturated heterocycles. The lowest BCUT2D eigenvalue weighted by Gasteiger charge is -2.43. The van der Waals surface area contributed by atoms with Crippen LogP contribution in [0.1, 0.15) is 37.4 Å². The highest BCUT2D eigenvalue weighted by atomic mass is 35.5. The Morgan fingerprint density at radius 3 is 2.66 bits per heavy atom. The van der Waals surface area contributed by atoms with E-state index in [1.165, 1.54) is 30.6 Å². The zero-order valence-corrected chi connectivity index (χ0v) is 24.6. The average Bonchev–Trinajstić information content (AvgIpc) is 3.56. The number of aliphatic imine (C=N–C) groups is 1. The van der Waals surface area contributed by atoms with Crippen LogP contribution in [0.15, 0.2) is 46.0 Å². The number of hydrogen-bond acceptors (Lipinski definition) is 9. The van der Waals surface area contributed by atoms with Crippen LogP contribution in [0.5, 0.6) is 0 Å². The number of benzene rings is 1. The van der Waals surface area contributed by atoms with E-state index in [0.717, 1.165) is 6.07 Å². The number of amides is 3.